The first-order chi connectivity index (χ1) is 22.0. The highest BCUT2D eigenvalue weighted by atomic mass is 32.2. The SMILES string of the molecule is COc1cc(F)c(O[C@H]2CC[C@@](C)(C(=O)O)CC2)cc1C(=O)N[C@@H]1[C@@H](OCO)CC[C@@H]1C(=O)Nc1cccc(S(=O)(=O)C(F)(F)F)c1. The standard InChI is InChI=1S/C30H34F4N2O10S/c1-29(28(40)41)10-8-17(9-11-29)46-24-13-20(23(44-2)14-21(24)31)27(39)36-25-19(6-7-22(25)45-15-37)26(38)35-16-4-3-5-18(12-16)47(42,43)30(32,33)34/h3-5,12-14,17,19,22,25,37H,6-11,15H2,1-2H3,(H,35,38)(H,36,39)(H,40,41)/t17-,19-,22-,25-,29+/m0/s1. The van der Waals surface area contributed by atoms with Crippen molar-refractivity contribution in [1.82, 2.24) is 5.32 Å². The van der Waals surface area contributed by atoms with Gasteiger partial charge >= 0.3 is 11.5 Å². The average Bonchev–Trinajstić information content (AvgIpc) is 3.40. The second-order valence-corrected chi connectivity index (χ2v) is 13.6. The van der Waals surface area contributed by atoms with Gasteiger partial charge in [-0.25, -0.2) is 12.8 Å². The van der Waals surface area contributed by atoms with Gasteiger partial charge in [-0.3, -0.25) is 14.4 Å². The Morgan fingerprint density at radius 2 is 1.72 bits per heavy atom. The molecular formula is C30H34F4N2O10S. The van der Waals surface area contributed by atoms with Crippen LogP contribution in [0.25, 0.3) is 0 Å². The summed E-state index contributed by atoms with van der Waals surface area (Å²) < 4.78 is 94.2. The van der Waals surface area contributed by atoms with Gasteiger partial charge in [0.05, 0.1) is 47.2 Å². The molecule has 2 fully saturated rings. The van der Waals surface area contributed by atoms with Crippen LogP contribution < -0.4 is 20.1 Å². The van der Waals surface area contributed by atoms with Crippen LogP contribution in [0.1, 0.15) is 55.8 Å². The molecule has 2 aliphatic carbocycles. The molecular weight excluding hydrogens is 656 g/mol. The summed E-state index contributed by atoms with van der Waals surface area (Å²) in [5.41, 5.74) is -6.90. The van der Waals surface area contributed by atoms with Crippen LogP contribution in [-0.2, 0) is 24.2 Å². The van der Waals surface area contributed by atoms with Crippen molar-refractivity contribution in [2.45, 2.75) is 74.1 Å². The maximum absolute atomic E-state index is 15.0. The van der Waals surface area contributed by atoms with Crippen molar-refractivity contribution in [3.63, 3.8) is 0 Å². The van der Waals surface area contributed by atoms with E-state index in [9.17, 15) is 50.6 Å². The second kappa shape index (κ2) is 14.0. The molecule has 3 atom stereocenters. The lowest BCUT2D eigenvalue weighted by molar-refractivity contribution is -0.150. The lowest BCUT2D eigenvalue weighted by Gasteiger charge is -2.34. The van der Waals surface area contributed by atoms with Gasteiger partial charge in [0.15, 0.2) is 11.6 Å². The molecule has 2 saturated carbocycles. The first kappa shape index (κ1) is 35.9. The number of anilines is 1. The maximum atomic E-state index is 15.0. The Hall–Kier alpha value is -3.96. The van der Waals surface area contributed by atoms with Crippen molar-refractivity contribution in [2.24, 2.45) is 11.3 Å². The van der Waals surface area contributed by atoms with Crippen molar-refractivity contribution < 1.29 is 64.8 Å². The number of methoxy groups -OCH3 is 1. The van der Waals surface area contributed by atoms with Gasteiger partial charge in [0, 0.05) is 11.8 Å². The molecule has 0 saturated heterocycles. The number of ether oxygens (including phenoxy) is 3. The molecule has 4 N–H and O–H groups in total. The molecule has 4 rings (SSSR count). The van der Waals surface area contributed by atoms with Gasteiger partial charge in [-0.15, -0.1) is 0 Å². The molecule has 0 spiro atoms. The highest BCUT2D eigenvalue weighted by molar-refractivity contribution is 7.92. The van der Waals surface area contributed by atoms with E-state index in [1.807, 2.05) is 0 Å². The van der Waals surface area contributed by atoms with Crippen molar-refractivity contribution in [3.05, 3.63) is 47.8 Å². The predicted molar refractivity (Wildman–Crippen MR) is 156 cm³/mol. The first-order valence-corrected chi connectivity index (χ1v) is 16.0. The van der Waals surface area contributed by atoms with Gasteiger partial charge < -0.3 is 35.1 Å². The Bertz CT molecular complexity index is 1610. The third-order valence-corrected chi connectivity index (χ3v) is 10.1. The third-order valence-electron chi connectivity index (χ3n) is 8.58. The van der Waals surface area contributed by atoms with Crippen molar-refractivity contribution >= 4 is 33.3 Å². The van der Waals surface area contributed by atoms with Crippen molar-refractivity contribution in [2.75, 3.05) is 19.2 Å². The number of hydrogen-bond donors (Lipinski definition) is 4. The molecule has 0 aliphatic heterocycles. The molecule has 2 amide bonds. The lowest BCUT2D eigenvalue weighted by atomic mass is 9.75. The van der Waals surface area contributed by atoms with E-state index in [2.05, 4.69) is 10.6 Å². The molecule has 0 aromatic heterocycles. The molecule has 47 heavy (non-hydrogen) atoms. The summed E-state index contributed by atoms with van der Waals surface area (Å²) in [6.45, 7) is 0.866. The van der Waals surface area contributed by atoms with Crippen LogP contribution >= 0.6 is 0 Å². The number of halogens is 4. The van der Waals surface area contributed by atoms with Crippen LogP contribution in [0.3, 0.4) is 0 Å². The maximum Gasteiger partial charge on any atom is 0.501 e. The Balaban J connectivity index is 1.54. The van der Waals surface area contributed by atoms with Crippen LogP contribution in [-0.4, -0.2) is 74.1 Å². The zero-order valence-corrected chi connectivity index (χ0v) is 26.1. The quantitative estimate of drug-likeness (QED) is 0.199. The Kier molecular flexibility index (Phi) is 10.7. The number of sulfone groups is 1. The minimum Gasteiger partial charge on any atom is -0.496 e. The highest BCUT2D eigenvalue weighted by Gasteiger charge is 2.47. The van der Waals surface area contributed by atoms with Crippen LogP contribution in [0.4, 0.5) is 23.2 Å². The summed E-state index contributed by atoms with van der Waals surface area (Å²) in [5.74, 6) is -4.88. The van der Waals surface area contributed by atoms with Gasteiger partial charge in [-0.1, -0.05) is 6.07 Å². The number of hydrogen-bond acceptors (Lipinski definition) is 9. The number of nitrogens with one attached hydrogen (secondary N) is 2. The summed E-state index contributed by atoms with van der Waals surface area (Å²) in [5, 5.41) is 23.9. The van der Waals surface area contributed by atoms with E-state index in [0.717, 1.165) is 24.3 Å². The Labute approximate surface area is 267 Å². The van der Waals surface area contributed by atoms with Crippen molar-refractivity contribution in [1.29, 1.82) is 0 Å². The molecule has 2 aromatic rings. The van der Waals surface area contributed by atoms with Crippen LogP contribution in [0.15, 0.2) is 41.3 Å². The van der Waals surface area contributed by atoms with Gasteiger partial charge in [0.25, 0.3) is 15.7 Å². The zero-order chi connectivity index (χ0) is 34.7. The fourth-order valence-electron chi connectivity index (χ4n) is 5.78. The predicted octanol–water partition coefficient (Wildman–Crippen LogP) is 4.02. The topological polar surface area (TPSA) is 178 Å². The molecule has 2 aliphatic rings. The summed E-state index contributed by atoms with van der Waals surface area (Å²) in [4.78, 5) is 37.3. The van der Waals surface area contributed by atoms with Crippen molar-refractivity contribution in [3.8, 4) is 11.5 Å². The molecule has 0 unspecified atom stereocenters. The molecule has 0 radical (unpaired) electrons. The zero-order valence-electron chi connectivity index (χ0n) is 25.3. The van der Waals surface area contributed by atoms with E-state index in [1.165, 1.54) is 13.2 Å². The van der Waals surface area contributed by atoms with Crippen LogP contribution in [0.5, 0.6) is 11.5 Å². The average molecular weight is 691 g/mol. The number of carboxylic acid groups (broad SMARTS) is 1. The molecule has 17 heteroatoms. The summed E-state index contributed by atoms with van der Waals surface area (Å²) in [6, 6.07) is 4.57. The number of amides is 2. The molecule has 12 nitrogen and oxygen atoms in total. The number of aliphatic hydroxyl groups excluding tert-OH is 1. The minimum absolute atomic E-state index is 0.105. The van der Waals surface area contributed by atoms with E-state index in [1.54, 1.807) is 6.92 Å². The molecule has 0 heterocycles. The van der Waals surface area contributed by atoms with E-state index in [0.29, 0.717) is 31.7 Å². The molecule has 0 bridgehead atoms. The number of rotatable bonds is 11. The fraction of sp³-hybridized carbons (Fsp3) is 0.500. The van der Waals surface area contributed by atoms with E-state index >= 15 is 0 Å². The summed E-state index contributed by atoms with van der Waals surface area (Å²) >= 11 is 0. The number of carbonyl (C=O) groups is 3. The number of carbonyl (C=O) groups excluding carboxylic acids is 2. The number of carboxylic acids is 1. The smallest absolute Gasteiger partial charge is 0.496 e. The van der Waals surface area contributed by atoms with Gasteiger partial charge in [0.1, 0.15) is 12.5 Å². The first-order valence-electron chi connectivity index (χ1n) is 14.5. The monoisotopic (exact) mass is 690 g/mol. The normalized spacial score (nSPS) is 24.7. The Morgan fingerprint density at radius 3 is 2.32 bits per heavy atom. The minimum atomic E-state index is -5.69. The fourth-order valence-corrected chi connectivity index (χ4v) is 6.59. The summed E-state index contributed by atoms with van der Waals surface area (Å²) in [6.07, 6.45) is 0.155. The number of benzene rings is 2. The van der Waals surface area contributed by atoms with Crippen LogP contribution in [0, 0.1) is 17.2 Å². The second-order valence-electron chi connectivity index (χ2n) is 11.6. The van der Waals surface area contributed by atoms with Gasteiger partial charge in [-0.2, -0.15) is 13.2 Å². The molecule has 2 aromatic carbocycles. The lowest BCUT2D eigenvalue weighted by Crippen LogP contribution is -2.48. The number of alkyl halides is 3. The third kappa shape index (κ3) is 7.79. The number of aliphatic hydroxyl groups is 1. The Morgan fingerprint density at radius 1 is 1.04 bits per heavy atom. The van der Waals surface area contributed by atoms with E-state index in [-0.39, 0.29) is 35.6 Å². The van der Waals surface area contributed by atoms with Gasteiger partial charge in [0.2, 0.25) is 5.91 Å². The highest BCUT2D eigenvalue weighted by Crippen LogP contribution is 2.39. The van der Waals surface area contributed by atoms with Crippen LogP contribution in [0.2, 0.25) is 0 Å². The number of aliphatic carboxylic acids is 1. The van der Waals surface area contributed by atoms with E-state index < -0.39 is 80.2 Å². The molecule has 258 valence electrons. The van der Waals surface area contributed by atoms with Gasteiger partial charge in [-0.05, 0) is 69.7 Å². The largest absolute Gasteiger partial charge is 0.501 e. The summed E-state index contributed by atoms with van der Waals surface area (Å²) in [7, 11) is -4.48. The van der Waals surface area contributed by atoms with E-state index in [4.69, 9.17) is 14.2 Å².